The molecule has 0 aromatic rings. The third kappa shape index (κ3) is 26.1. The van der Waals surface area contributed by atoms with Crippen LogP contribution < -0.4 is 11.5 Å². The van der Waals surface area contributed by atoms with Crippen molar-refractivity contribution in [2.45, 2.75) is 160 Å². The average molecular weight is 657 g/mol. The minimum absolute atomic E-state index is 0.0127. The quantitative estimate of drug-likeness (QED) is 0.229. The predicted molar refractivity (Wildman–Crippen MR) is 189 cm³/mol. The van der Waals surface area contributed by atoms with Gasteiger partial charge in [0, 0.05) is 11.8 Å². The monoisotopic (exact) mass is 657 g/mol. The van der Waals surface area contributed by atoms with Crippen molar-refractivity contribution in [3.05, 3.63) is 0 Å². The summed E-state index contributed by atoms with van der Waals surface area (Å²) >= 11 is 0. The van der Waals surface area contributed by atoms with Gasteiger partial charge in [-0.05, 0) is 38.5 Å². The van der Waals surface area contributed by atoms with Crippen molar-refractivity contribution in [2.75, 3.05) is 0 Å². The number of aliphatic carboxylic acids is 2. The van der Waals surface area contributed by atoms with Gasteiger partial charge in [0.15, 0.2) is 0 Å². The molecule has 3 unspecified atom stereocenters. The lowest BCUT2D eigenvalue weighted by atomic mass is 9.78. The van der Waals surface area contributed by atoms with Gasteiger partial charge in [-0.25, -0.2) is 0 Å². The molecule has 3 aliphatic carbocycles. The fourth-order valence-corrected chi connectivity index (χ4v) is 4.97. The van der Waals surface area contributed by atoms with Gasteiger partial charge in [-0.3, -0.25) is 19.2 Å². The van der Waals surface area contributed by atoms with Gasteiger partial charge in [0.1, 0.15) is 0 Å². The lowest BCUT2D eigenvalue weighted by Gasteiger charge is -2.26. The molecule has 10 heteroatoms. The number of nitrogens with two attached hydrogens (primary N) is 2. The summed E-state index contributed by atoms with van der Waals surface area (Å²) in [4.78, 5) is 43.0. The molecular weight excluding hydrogens is 584 g/mol. The molecule has 3 fully saturated rings. The van der Waals surface area contributed by atoms with Crippen LogP contribution in [0.1, 0.15) is 160 Å². The van der Waals surface area contributed by atoms with Crippen molar-refractivity contribution >= 4 is 23.8 Å². The number of carboxylic acid groups (broad SMARTS) is 2. The number of carboxylic acids is 2. The van der Waals surface area contributed by atoms with Crippen LogP contribution in [0.25, 0.3) is 0 Å². The van der Waals surface area contributed by atoms with E-state index in [1.54, 1.807) is 0 Å². The first-order valence-corrected chi connectivity index (χ1v) is 18.0. The van der Waals surface area contributed by atoms with Crippen LogP contribution >= 0.6 is 0 Å². The maximum atomic E-state index is 10.9. The van der Waals surface area contributed by atoms with E-state index in [1.807, 2.05) is 83.1 Å². The lowest BCUT2D eigenvalue weighted by molar-refractivity contribution is -0.155. The Labute approximate surface area is 282 Å². The molecule has 6 N–H and O–H groups in total. The minimum atomic E-state index is -0.970. The second-order valence-electron chi connectivity index (χ2n) is 9.23. The summed E-state index contributed by atoms with van der Waals surface area (Å²) in [5.74, 6) is -4.68. The summed E-state index contributed by atoms with van der Waals surface area (Å²) < 4.78 is 0. The number of nitrogens with zero attached hydrogens (tertiary/aromatic N) is 2. The fourth-order valence-electron chi connectivity index (χ4n) is 4.97. The van der Waals surface area contributed by atoms with Crippen molar-refractivity contribution in [3.8, 4) is 12.1 Å². The van der Waals surface area contributed by atoms with E-state index in [4.69, 9.17) is 32.2 Å². The molecule has 0 saturated heterocycles. The third-order valence-electron chi connectivity index (χ3n) is 6.99. The Hall–Kier alpha value is -3.14. The van der Waals surface area contributed by atoms with Crippen LogP contribution in [0.5, 0.6) is 0 Å². The van der Waals surface area contributed by atoms with E-state index in [0.29, 0.717) is 25.7 Å². The molecule has 272 valence electrons. The predicted octanol–water partition coefficient (Wildman–Crippen LogP) is 8.72. The molecule has 2 amide bonds. The molecule has 0 aromatic carbocycles. The Balaban J connectivity index is -0.000000112. The number of hydrogen-bond donors (Lipinski definition) is 4. The number of amides is 2. The number of hydrogen-bond acceptors (Lipinski definition) is 6. The first-order chi connectivity index (χ1) is 22.1. The summed E-state index contributed by atoms with van der Waals surface area (Å²) in [5.41, 5.74) is 10.3. The van der Waals surface area contributed by atoms with Gasteiger partial charge in [0.2, 0.25) is 11.8 Å². The smallest absolute Gasteiger partial charge is 0.307 e. The fraction of sp³-hybridized carbons (Fsp3) is 0.833. The van der Waals surface area contributed by atoms with Crippen molar-refractivity contribution < 1.29 is 29.4 Å². The average Bonchev–Trinajstić information content (AvgIpc) is 3.13. The van der Waals surface area contributed by atoms with E-state index in [0.717, 1.165) is 51.4 Å². The minimum Gasteiger partial charge on any atom is -0.481 e. The van der Waals surface area contributed by atoms with Gasteiger partial charge in [-0.15, -0.1) is 0 Å². The topological polar surface area (TPSA) is 208 Å². The lowest BCUT2D eigenvalue weighted by Crippen LogP contribution is -2.39. The van der Waals surface area contributed by atoms with Crippen LogP contribution in [-0.2, 0) is 19.2 Å². The Morgan fingerprint density at radius 2 is 0.652 bits per heavy atom. The van der Waals surface area contributed by atoms with Gasteiger partial charge in [-0.1, -0.05) is 122 Å². The second-order valence-corrected chi connectivity index (χ2v) is 9.23. The van der Waals surface area contributed by atoms with Gasteiger partial charge >= 0.3 is 11.9 Å². The summed E-state index contributed by atoms with van der Waals surface area (Å²) in [6, 6.07) is 4.36. The molecule has 0 bridgehead atoms. The first-order valence-electron chi connectivity index (χ1n) is 18.0. The molecule has 0 heterocycles. The molecule has 3 aliphatic rings. The van der Waals surface area contributed by atoms with E-state index in [9.17, 15) is 19.2 Å². The number of primary amides is 2. The summed E-state index contributed by atoms with van der Waals surface area (Å²) in [6.07, 6.45) is 10.1. The molecule has 0 aliphatic heterocycles. The standard InChI is InChI=1S/C8H14N2O2.C8H10N2.C8H12O4.6C2H6/c9-7(11)5-3-1-2-4-6(5)8(10)12;9-5-7-3-1-2-4-8(7)6-10;9-7(10)5-3-1-2-4-6(5)8(11)12;6*1-2/h5-6H,1-4H2,(H2,9,11)(H2,10,12);7-8H,1-4H2;5-6H,1-4H2,(H,9,10)(H,11,12);6*1-2H3/t5-,6?;7-,8?;5-,6?;;;;;;/m010....../s1. The Kier molecular flexibility index (Phi) is 50.3. The summed E-state index contributed by atoms with van der Waals surface area (Å²) in [7, 11) is 0. The second kappa shape index (κ2) is 41.9. The summed E-state index contributed by atoms with van der Waals surface area (Å²) in [5, 5.41) is 34.6. The molecule has 10 nitrogen and oxygen atoms in total. The van der Waals surface area contributed by atoms with Gasteiger partial charge in [-0.2, -0.15) is 10.5 Å². The van der Waals surface area contributed by atoms with Crippen LogP contribution in [0, 0.1) is 58.2 Å². The number of rotatable bonds is 4. The van der Waals surface area contributed by atoms with Crippen LogP contribution in [-0.4, -0.2) is 34.0 Å². The third-order valence-corrected chi connectivity index (χ3v) is 6.99. The SMILES string of the molecule is CC.CC.CC.CC.CC.CC.N#CC1CCCC[C@@H]1C#N.NC(=O)C1CCCC[C@@H]1C(N)=O.O=C(O)C1CCCC[C@@H]1C(=O)O. The highest BCUT2D eigenvalue weighted by Gasteiger charge is 2.35. The maximum Gasteiger partial charge on any atom is 0.307 e. The molecule has 6 atom stereocenters. The molecule has 3 rings (SSSR count). The van der Waals surface area contributed by atoms with Crippen molar-refractivity contribution in [3.63, 3.8) is 0 Å². The molecular formula is C36H72N4O6. The van der Waals surface area contributed by atoms with Gasteiger partial charge < -0.3 is 21.7 Å². The highest BCUT2D eigenvalue weighted by atomic mass is 16.4. The highest BCUT2D eigenvalue weighted by Crippen LogP contribution is 2.31. The molecule has 0 spiro atoms. The van der Waals surface area contributed by atoms with E-state index in [1.165, 1.54) is 0 Å². The molecule has 46 heavy (non-hydrogen) atoms. The zero-order valence-corrected chi connectivity index (χ0v) is 31.5. The van der Waals surface area contributed by atoms with E-state index in [-0.39, 0.29) is 23.7 Å². The Bertz CT molecular complexity index is 697. The maximum absolute atomic E-state index is 10.9. The zero-order valence-electron chi connectivity index (χ0n) is 31.5. The van der Waals surface area contributed by atoms with E-state index >= 15 is 0 Å². The van der Waals surface area contributed by atoms with E-state index in [2.05, 4.69) is 12.1 Å². The molecule has 0 aromatic heterocycles. The van der Waals surface area contributed by atoms with Gasteiger partial charge in [0.05, 0.1) is 35.8 Å². The first kappa shape index (κ1) is 55.3. The van der Waals surface area contributed by atoms with E-state index < -0.39 is 35.6 Å². The summed E-state index contributed by atoms with van der Waals surface area (Å²) in [6.45, 7) is 24.0. The number of carbonyl (C=O) groups is 4. The van der Waals surface area contributed by atoms with Crippen LogP contribution in [0.2, 0.25) is 0 Å². The highest BCUT2D eigenvalue weighted by molar-refractivity contribution is 5.86. The Morgan fingerprint density at radius 3 is 0.826 bits per heavy atom. The number of nitriles is 2. The molecule has 3 saturated carbocycles. The molecule has 0 radical (unpaired) electrons. The van der Waals surface area contributed by atoms with Crippen LogP contribution in [0.15, 0.2) is 0 Å². The number of carbonyl (C=O) groups excluding carboxylic acids is 2. The van der Waals surface area contributed by atoms with Crippen LogP contribution in [0.3, 0.4) is 0 Å². The van der Waals surface area contributed by atoms with Crippen LogP contribution in [0.4, 0.5) is 0 Å². The largest absolute Gasteiger partial charge is 0.481 e. The van der Waals surface area contributed by atoms with Gasteiger partial charge in [0.25, 0.3) is 0 Å². The Morgan fingerprint density at radius 1 is 0.457 bits per heavy atom. The van der Waals surface area contributed by atoms with Crippen molar-refractivity contribution in [2.24, 2.45) is 47.0 Å². The normalized spacial score (nSPS) is 23.3. The van der Waals surface area contributed by atoms with Crippen molar-refractivity contribution in [1.29, 1.82) is 10.5 Å². The zero-order chi connectivity index (χ0) is 37.7. The van der Waals surface area contributed by atoms with Crippen molar-refractivity contribution in [1.82, 2.24) is 0 Å².